The molecule has 0 heterocycles. The van der Waals surface area contributed by atoms with Gasteiger partial charge in [-0.25, -0.2) is 0 Å². The Morgan fingerprint density at radius 1 is 1.05 bits per heavy atom. The van der Waals surface area contributed by atoms with Crippen molar-refractivity contribution < 1.29 is 4.74 Å². The van der Waals surface area contributed by atoms with Crippen LogP contribution in [0.5, 0.6) is 5.75 Å². The van der Waals surface area contributed by atoms with Gasteiger partial charge in [0.1, 0.15) is 5.75 Å². The second-order valence-corrected chi connectivity index (χ2v) is 6.32. The van der Waals surface area contributed by atoms with Gasteiger partial charge in [-0.05, 0) is 42.8 Å². The molecule has 2 rings (SSSR count). The molecule has 0 aromatic heterocycles. The molecule has 0 bridgehead atoms. The summed E-state index contributed by atoms with van der Waals surface area (Å²) in [6.07, 6.45) is 0.894. The minimum absolute atomic E-state index is 0.303. The van der Waals surface area contributed by atoms with Crippen molar-refractivity contribution in [2.24, 2.45) is 5.73 Å². The van der Waals surface area contributed by atoms with Gasteiger partial charge in [0.2, 0.25) is 0 Å². The normalized spacial score (nSPS) is 12.2. The van der Waals surface area contributed by atoms with E-state index < -0.39 is 0 Å². The monoisotopic (exact) mass is 397 g/mol. The van der Waals surface area contributed by atoms with E-state index in [2.05, 4.69) is 37.9 Å². The van der Waals surface area contributed by atoms with Gasteiger partial charge in [0, 0.05) is 14.9 Å². The summed E-state index contributed by atoms with van der Waals surface area (Å²) in [7, 11) is 0. The van der Waals surface area contributed by atoms with E-state index in [0.717, 1.165) is 21.1 Å². The first-order valence-electron chi connectivity index (χ1n) is 6.53. The van der Waals surface area contributed by atoms with Gasteiger partial charge in [-0.3, -0.25) is 0 Å². The number of hydrogen-bond acceptors (Lipinski definition) is 2. The summed E-state index contributed by atoms with van der Waals surface area (Å²) in [6, 6.07) is 16.1. The van der Waals surface area contributed by atoms with E-state index >= 15 is 0 Å². The van der Waals surface area contributed by atoms with Crippen molar-refractivity contribution in [3.8, 4) is 5.75 Å². The van der Waals surface area contributed by atoms with Crippen molar-refractivity contribution in [2.45, 2.75) is 12.3 Å². The van der Waals surface area contributed by atoms with Gasteiger partial charge in [0.15, 0.2) is 0 Å². The van der Waals surface area contributed by atoms with Gasteiger partial charge in [-0.2, -0.15) is 0 Å². The van der Waals surface area contributed by atoms with Crippen LogP contribution in [0.4, 0.5) is 0 Å². The van der Waals surface area contributed by atoms with Crippen molar-refractivity contribution in [3.05, 3.63) is 63.0 Å². The standard InChI is InChI=1S/C16H17Br2NO/c17-13-4-3-5-14(10-13)20-9-8-12(11-19)15-6-1-2-7-16(15)18/h1-7,10,12H,8-9,11,19H2. The van der Waals surface area contributed by atoms with E-state index in [1.54, 1.807) is 0 Å². The fourth-order valence-electron chi connectivity index (χ4n) is 2.08. The lowest BCUT2D eigenvalue weighted by Crippen LogP contribution is -2.16. The van der Waals surface area contributed by atoms with E-state index in [4.69, 9.17) is 10.5 Å². The van der Waals surface area contributed by atoms with Gasteiger partial charge in [0.05, 0.1) is 6.61 Å². The summed E-state index contributed by atoms with van der Waals surface area (Å²) in [5, 5.41) is 0. The molecule has 2 nitrogen and oxygen atoms in total. The fraction of sp³-hybridized carbons (Fsp3) is 0.250. The molecule has 2 N–H and O–H groups in total. The lowest BCUT2D eigenvalue weighted by atomic mass is 9.96. The summed E-state index contributed by atoms with van der Waals surface area (Å²) in [5.74, 6) is 1.18. The molecule has 4 heteroatoms. The van der Waals surface area contributed by atoms with Crippen LogP contribution in [0.2, 0.25) is 0 Å². The highest BCUT2D eigenvalue weighted by Gasteiger charge is 2.12. The quantitative estimate of drug-likeness (QED) is 0.763. The molecule has 0 fully saturated rings. The molecule has 0 aliphatic carbocycles. The lowest BCUT2D eigenvalue weighted by molar-refractivity contribution is 0.298. The van der Waals surface area contributed by atoms with Crippen LogP contribution in [-0.4, -0.2) is 13.2 Å². The average molecular weight is 399 g/mol. The third-order valence-electron chi connectivity index (χ3n) is 3.16. The van der Waals surface area contributed by atoms with Crippen molar-refractivity contribution in [1.29, 1.82) is 0 Å². The van der Waals surface area contributed by atoms with Crippen molar-refractivity contribution in [2.75, 3.05) is 13.2 Å². The van der Waals surface area contributed by atoms with Crippen LogP contribution in [0.25, 0.3) is 0 Å². The maximum absolute atomic E-state index is 5.89. The predicted molar refractivity (Wildman–Crippen MR) is 90.2 cm³/mol. The molecule has 1 atom stereocenters. The SMILES string of the molecule is NCC(CCOc1cccc(Br)c1)c1ccccc1Br. The topological polar surface area (TPSA) is 35.2 Å². The van der Waals surface area contributed by atoms with E-state index in [-0.39, 0.29) is 0 Å². The zero-order valence-corrected chi connectivity index (χ0v) is 14.2. The molecular weight excluding hydrogens is 382 g/mol. The van der Waals surface area contributed by atoms with Gasteiger partial charge in [-0.1, -0.05) is 56.1 Å². The average Bonchev–Trinajstić information content (AvgIpc) is 2.45. The van der Waals surface area contributed by atoms with Gasteiger partial charge in [0.25, 0.3) is 0 Å². The second kappa shape index (κ2) is 7.81. The summed E-state index contributed by atoms with van der Waals surface area (Å²) >= 11 is 7.02. The van der Waals surface area contributed by atoms with Crippen molar-refractivity contribution in [3.63, 3.8) is 0 Å². The van der Waals surface area contributed by atoms with Crippen LogP contribution in [0.1, 0.15) is 17.9 Å². The molecule has 0 saturated carbocycles. The highest BCUT2D eigenvalue weighted by atomic mass is 79.9. The van der Waals surface area contributed by atoms with Crippen LogP contribution < -0.4 is 10.5 Å². The molecule has 2 aromatic carbocycles. The molecule has 20 heavy (non-hydrogen) atoms. The molecule has 0 amide bonds. The third kappa shape index (κ3) is 4.33. The molecular formula is C16H17Br2NO. The smallest absolute Gasteiger partial charge is 0.120 e. The predicted octanol–water partition coefficient (Wildman–Crippen LogP) is 4.72. The zero-order valence-electron chi connectivity index (χ0n) is 11.1. The number of benzene rings is 2. The van der Waals surface area contributed by atoms with Crippen LogP contribution >= 0.6 is 31.9 Å². The van der Waals surface area contributed by atoms with Crippen LogP contribution in [-0.2, 0) is 0 Å². The number of hydrogen-bond donors (Lipinski definition) is 1. The summed E-state index contributed by atoms with van der Waals surface area (Å²) in [4.78, 5) is 0. The zero-order chi connectivity index (χ0) is 14.4. The van der Waals surface area contributed by atoms with E-state index in [1.807, 2.05) is 42.5 Å². The van der Waals surface area contributed by atoms with Gasteiger partial charge < -0.3 is 10.5 Å². The Balaban J connectivity index is 1.93. The fourth-order valence-corrected chi connectivity index (χ4v) is 3.07. The molecule has 2 aromatic rings. The summed E-state index contributed by atoms with van der Waals surface area (Å²) in [5.41, 5.74) is 7.14. The van der Waals surface area contributed by atoms with E-state index in [9.17, 15) is 0 Å². The number of halogens is 2. The first-order valence-corrected chi connectivity index (χ1v) is 8.12. The van der Waals surface area contributed by atoms with Crippen molar-refractivity contribution in [1.82, 2.24) is 0 Å². The Morgan fingerprint density at radius 2 is 1.85 bits per heavy atom. The molecule has 0 aliphatic heterocycles. The third-order valence-corrected chi connectivity index (χ3v) is 4.38. The molecule has 0 aliphatic rings. The summed E-state index contributed by atoms with van der Waals surface area (Å²) in [6.45, 7) is 1.27. The Morgan fingerprint density at radius 3 is 2.55 bits per heavy atom. The number of ether oxygens (including phenoxy) is 1. The van der Waals surface area contributed by atoms with Crippen LogP contribution in [0.3, 0.4) is 0 Å². The number of rotatable bonds is 6. The summed E-state index contributed by atoms with van der Waals surface area (Å²) < 4.78 is 7.91. The highest BCUT2D eigenvalue weighted by molar-refractivity contribution is 9.10. The largest absolute Gasteiger partial charge is 0.494 e. The maximum Gasteiger partial charge on any atom is 0.120 e. The first kappa shape index (κ1) is 15.5. The highest BCUT2D eigenvalue weighted by Crippen LogP contribution is 2.27. The maximum atomic E-state index is 5.89. The minimum atomic E-state index is 0.303. The lowest BCUT2D eigenvalue weighted by Gasteiger charge is -2.17. The number of nitrogens with two attached hydrogens (primary N) is 1. The molecule has 0 saturated heterocycles. The first-order chi connectivity index (χ1) is 9.70. The second-order valence-electron chi connectivity index (χ2n) is 4.55. The van der Waals surface area contributed by atoms with Crippen molar-refractivity contribution >= 4 is 31.9 Å². The van der Waals surface area contributed by atoms with Gasteiger partial charge >= 0.3 is 0 Å². The Bertz CT molecular complexity index is 560. The Labute approximate surface area is 136 Å². The van der Waals surface area contributed by atoms with Crippen LogP contribution in [0, 0.1) is 0 Å². The van der Waals surface area contributed by atoms with E-state index in [0.29, 0.717) is 19.1 Å². The molecule has 0 spiro atoms. The van der Waals surface area contributed by atoms with Crippen LogP contribution in [0.15, 0.2) is 57.5 Å². The van der Waals surface area contributed by atoms with E-state index in [1.165, 1.54) is 5.56 Å². The molecule has 0 radical (unpaired) electrons. The van der Waals surface area contributed by atoms with Gasteiger partial charge in [-0.15, -0.1) is 0 Å². The minimum Gasteiger partial charge on any atom is -0.494 e. The molecule has 1 unspecified atom stereocenters. The Kier molecular flexibility index (Phi) is 6.07. The molecule has 106 valence electrons. The Hall–Kier alpha value is -0.840.